The zero-order chi connectivity index (χ0) is 8.07. The molecule has 1 nitrogen and oxygen atoms in total. The molecule has 2 heteroatoms. The van der Waals surface area contributed by atoms with Gasteiger partial charge in [0.2, 0.25) is 0 Å². The Bertz CT molecular complexity index is 202. The fraction of sp³-hybridized carbons (Fsp3) is 0.800. The highest BCUT2D eigenvalue weighted by Crippen LogP contribution is 2.60. The topological polar surface area (TPSA) is 9.23 Å². The predicted molar refractivity (Wildman–Crippen MR) is 51.4 cm³/mol. The first kappa shape index (κ1) is 7.45. The van der Waals surface area contributed by atoms with Crippen molar-refractivity contribution >= 4 is 11.8 Å². The van der Waals surface area contributed by atoms with Gasteiger partial charge in [0.05, 0.1) is 13.2 Å². The molecular formula is C10H14OS. The summed E-state index contributed by atoms with van der Waals surface area (Å²) in [5.74, 6) is 2.66. The number of thioether (sulfide) groups is 1. The van der Waals surface area contributed by atoms with Crippen LogP contribution in [0.3, 0.4) is 0 Å². The maximum absolute atomic E-state index is 5.69. The van der Waals surface area contributed by atoms with E-state index in [1.54, 1.807) is 0 Å². The predicted octanol–water partition coefficient (Wildman–Crippen LogP) is 2.09. The Labute approximate surface area is 77.6 Å². The zero-order valence-electron chi connectivity index (χ0n) is 7.21. The second kappa shape index (κ2) is 2.30. The molecular weight excluding hydrogens is 168 g/mol. The summed E-state index contributed by atoms with van der Waals surface area (Å²) in [6, 6.07) is 0. The van der Waals surface area contributed by atoms with E-state index in [0.717, 1.165) is 13.2 Å². The number of ether oxygens (including phenoxy) is 1. The van der Waals surface area contributed by atoms with Crippen molar-refractivity contribution < 1.29 is 4.74 Å². The molecule has 3 aliphatic rings. The molecule has 0 saturated carbocycles. The van der Waals surface area contributed by atoms with E-state index in [4.69, 9.17) is 4.74 Å². The normalized spacial score (nSPS) is 50.7. The van der Waals surface area contributed by atoms with Gasteiger partial charge >= 0.3 is 0 Å². The SMILES string of the molecule is C1=CC[C@]23COC[C@]2(C1)CSC3. The molecule has 2 heterocycles. The number of allylic oxidation sites excluding steroid dienone is 2. The summed E-state index contributed by atoms with van der Waals surface area (Å²) >= 11 is 2.13. The monoisotopic (exact) mass is 182 g/mol. The highest BCUT2D eigenvalue weighted by atomic mass is 32.2. The van der Waals surface area contributed by atoms with Crippen LogP contribution in [-0.4, -0.2) is 24.7 Å². The van der Waals surface area contributed by atoms with Gasteiger partial charge in [-0.15, -0.1) is 0 Å². The Hall–Kier alpha value is 0.0500. The van der Waals surface area contributed by atoms with E-state index in [0.29, 0.717) is 10.8 Å². The molecule has 0 aromatic heterocycles. The van der Waals surface area contributed by atoms with Gasteiger partial charge in [-0.2, -0.15) is 11.8 Å². The molecule has 2 saturated heterocycles. The Morgan fingerprint density at radius 3 is 2.17 bits per heavy atom. The average Bonchev–Trinajstić information content (AvgIpc) is 2.57. The first-order valence-electron chi connectivity index (χ1n) is 4.68. The molecule has 0 aromatic carbocycles. The molecule has 0 radical (unpaired) electrons. The smallest absolute Gasteiger partial charge is 0.0540 e. The molecule has 0 N–H and O–H groups in total. The fourth-order valence-electron chi connectivity index (χ4n) is 2.87. The van der Waals surface area contributed by atoms with Crippen molar-refractivity contribution in [2.75, 3.05) is 24.7 Å². The first-order chi connectivity index (χ1) is 5.87. The molecule has 2 aliphatic heterocycles. The number of rotatable bonds is 0. The van der Waals surface area contributed by atoms with Gasteiger partial charge < -0.3 is 4.74 Å². The lowest BCUT2D eigenvalue weighted by Crippen LogP contribution is -2.40. The number of hydrogen-bond donors (Lipinski definition) is 0. The van der Waals surface area contributed by atoms with Crippen LogP contribution in [0.25, 0.3) is 0 Å². The van der Waals surface area contributed by atoms with Gasteiger partial charge in [-0.25, -0.2) is 0 Å². The van der Waals surface area contributed by atoms with E-state index in [2.05, 4.69) is 23.9 Å². The van der Waals surface area contributed by atoms with Crippen LogP contribution in [0.5, 0.6) is 0 Å². The largest absolute Gasteiger partial charge is 0.380 e. The van der Waals surface area contributed by atoms with Gasteiger partial charge in [-0.3, -0.25) is 0 Å². The van der Waals surface area contributed by atoms with Gasteiger partial charge in [0, 0.05) is 22.3 Å². The Kier molecular flexibility index (Phi) is 1.43. The van der Waals surface area contributed by atoms with Crippen LogP contribution in [0.2, 0.25) is 0 Å². The van der Waals surface area contributed by atoms with Crippen LogP contribution in [0.1, 0.15) is 12.8 Å². The summed E-state index contributed by atoms with van der Waals surface area (Å²) in [5.41, 5.74) is 1.07. The zero-order valence-corrected chi connectivity index (χ0v) is 8.03. The van der Waals surface area contributed by atoms with Gasteiger partial charge in [0.1, 0.15) is 0 Å². The summed E-state index contributed by atoms with van der Waals surface area (Å²) in [5, 5.41) is 0. The van der Waals surface area contributed by atoms with Crippen LogP contribution < -0.4 is 0 Å². The third-order valence-electron chi connectivity index (χ3n) is 3.82. The molecule has 0 amide bonds. The van der Waals surface area contributed by atoms with Gasteiger partial charge in [0.15, 0.2) is 0 Å². The first-order valence-corrected chi connectivity index (χ1v) is 5.83. The van der Waals surface area contributed by atoms with Crippen molar-refractivity contribution in [1.82, 2.24) is 0 Å². The maximum atomic E-state index is 5.69. The van der Waals surface area contributed by atoms with E-state index in [-0.39, 0.29) is 0 Å². The van der Waals surface area contributed by atoms with Crippen molar-refractivity contribution in [2.24, 2.45) is 10.8 Å². The van der Waals surface area contributed by atoms with Gasteiger partial charge in [-0.1, -0.05) is 12.2 Å². The van der Waals surface area contributed by atoms with Crippen LogP contribution in [0.15, 0.2) is 12.2 Å². The van der Waals surface area contributed by atoms with Crippen molar-refractivity contribution in [3.8, 4) is 0 Å². The molecule has 2 fully saturated rings. The second-order valence-corrected chi connectivity index (χ2v) is 5.41. The third-order valence-corrected chi connectivity index (χ3v) is 5.34. The van der Waals surface area contributed by atoms with E-state index >= 15 is 0 Å². The lowest BCUT2D eigenvalue weighted by Gasteiger charge is -2.39. The molecule has 66 valence electrons. The summed E-state index contributed by atoms with van der Waals surface area (Å²) in [6.45, 7) is 2.04. The van der Waals surface area contributed by atoms with Crippen LogP contribution in [0, 0.1) is 10.8 Å². The Morgan fingerprint density at radius 1 is 1.00 bits per heavy atom. The van der Waals surface area contributed by atoms with Crippen molar-refractivity contribution in [2.45, 2.75) is 12.8 Å². The average molecular weight is 182 g/mol. The van der Waals surface area contributed by atoms with Crippen molar-refractivity contribution in [1.29, 1.82) is 0 Å². The Morgan fingerprint density at radius 2 is 1.58 bits per heavy atom. The molecule has 0 unspecified atom stereocenters. The quantitative estimate of drug-likeness (QED) is 0.530. The van der Waals surface area contributed by atoms with E-state index in [1.807, 2.05) is 0 Å². The maximum Gasteiger partial charge on any atom is 0.0540 e. The Balaban J connectivity index is 2.06. The molecule has 12 heavy (non-hydrogen) atoms. The molecule has 3 rings (SSSR count). The van der Waals surface area contributed by atoms with Gasteiger partial charge in [-0.05, 0) is 12.8 Å². The minimum Gasteiger partial charge on any atom is -0.380 e. The van der Waals surface area contributed by atoms with Crippen molar-refractivity contribution in [3.63, 3.8) is 0 Å². The highest BCUT2D eigenvalue weighted by Gasteiger charge is 2.58. The standard InChI is InChI=1S/C10H14OS/c1-2-4-10-6-11-5-9(10,3-1)7-12-8-10/h1-2H,3-8H2/t9-,10-/m1/s1. The lowest BCUT2D eigenvalue weighted by molar-refractivity contribution is 0.157. The second-order valence-electron chi connectivity index (χ2n) is 4.43. The van der Waals surface area contributed by atoms with Crippen molar-refractivity contribution in [3.05, 3.63) is 12.2 Å². The summed E-state index contributed by atoms with van der Waals surface area (Å²) in [6.07, 6.45) is 7.25. The lowest BCUT2D eigenvalue weighted by atomic mass is 9.62. The molecule has 0 aromatic rings. The summed E-state index contributed by atoms with van der Waals surface area (Å²) in [4.78, 5) is 0. The number of hydrogen-bond acceptors (Lipinski definition) is 2. The third kappa shape index (κ3) is 0.710. The van der Waals surface area contributed by atoms with Crippen LogP contribution >= 0.6 is 11.8 Å². The highest BCUT2D eigenvalue weighted by molar-refractivity contribution is 7.99. The minimum absolute atomic E-state index is 0.534. The molecule has 0 spiro atoms. The van der Waals surface area contributed by atoms with Crippen LogP contribution in [-0.2, 0) is 4.74 Å². The fourth-order valence-corrected chi connectivity index (χ4v) is 4.76. The molecule has 1 aliphatic carbocycles. The summed E-state index contributed by atoms with van der Waals surface area (Å²) in [7, 11) is 0. The molecule has 2 atom stereocenters. The summed E-state index contributed by atoms with van der Waals surface area (Å²) < 4.78 is 5.69. The van der Waals surface area contributed by atoms with E-state index in [9.17, 15) is 0 Å². The molecule has 0 bridgehead atoms. The van der Waals surface area contributed by atoms with E-state index < -0.39 is 0 Å². The van der Waals surface area contributed by atoms with Gasteiger partial charge in [0.25, 0.3) is 0 Å². The minimum atomic E-state index is 0.534. The van der Waals surface area contributed by atoms with E-state index in [1.165, 1.54) is 24.3 Å². The van der Waals surface area contributed by atoms with Crippen LogP contribution in [0.4, 0.5) is 0 Å².